The minimum Gasteiger partial charge on any atom is -0.466 e. The van der Waals surface area contributed by atoms with Crippen molar-refractivity contribution >= 4 is 17.8 Å². The molecule has 0 fully saturated rings. The van der Waals surface area contributed by atoms with Crippen LogP contribution < -0.4 is 5.32 Å². The summed E-state index contributed by atoms with van der Waals surface area (Å²) in [5.41, 5.74) is 0. The molecule has 0 heterocycles. The summed E-state index contributed by atoms with van der Waals surface area (Å²) in [4.78, 5) is 39.5. The van der Waals surface area contributed by atoms with Crippen molar-refractivity contribution in [3.05, 3.63) is 0 Å². The van der Waals surface area contributed by atoms with Gasteiger partial charge in [-0.2, -0.15) is 0 Å². The molecule has 0 aromatic rings. The number of hydrogen-bond donors (Lipinski definition) is 1. The van der Waals surface area contributed by atoms with Crippen molar-refractivity contribution in [3.63, 3.8) is 0 Å². The van der Waals surface area contributed by atoms with Gasteiger partial charge < -0.3 is 19.7 Å². The summed E-state index contributed by atoms with van der Waals surface area (Å²) in [5.74, 6) is 1.48. The van der Waals surface area contributed by atoms with Crippen LogP contribution in [0.1, 0.15) is 240 Å². The maximum atomic E-state index is 12.7. The largest absolute Gasteiger partial charge is 0.466 e. The smallest absolute Gasteiger partial charge is 0.305 e. The molecule has 0 atom stereocenters. The Bertz CT molecular complexity index is 789. The van der Waals surface area contributed by atoms with E-state index in [1.165, 1.54) is 103 Å². The first-order chi connectivity index (χ1) is 26.7. The molecule has 326 valence electrons. The molecule has 0 bridgehead atoms. The van der Waals surface area contributed by atoms with Gasteiger partial charge in [-0.05, 0) is 64.5 Å². The monoisotopic (exact) mass is 779 g/mol. The highest BCUT2D eigenvalue weighted by atomic mass is 16.5. The maximum absolute atomic E-state index is 12.7. The second-order valence-corrected chi connectivity index (χ2v) is 17.2. The third-order valence-electron chi connectivity index (χ3n) is 11.5. The minimum absolute atomic E-state index is 0.0315. The fourth-order valence-electron chi connectivity index (χ4n) is 7.72. The third-order valence-corrected chi connectivity index (χ3v) is 11.5. The van der Waals surface area contributed by atoms with Gasteiger partial charge in [-0.15, -0.1) is 0 Å². The highest BCUT2D eigenvalue weighted by Crippen LogP contribution is 2.23. The van der Waals surface area contributed by atoms with Crippen molar-refractivity contribution in [1.82, 2.24) is 10.2 Å². The summed E-state index contributed by atoms with van der Waals surface area (Å²) in [6, 6.07) is 0.222. The van der Waals surface area contributed by atoms with E-state index in [4.69, 9.17) is 9.47 Å². The lowest BCUT2D eigenvalue weighted by Crippen LogP contribution is -2.36. The van der Waals surface area contributed by atoms with Crippen molar-refractivity contribution in [2.24, 2.45) is 11.8 Å². The number of rotatable bonds is 42. The SMILES string of the molecule is CCCCCC(CCCCC)CCOC(=O)CCCCCCCC(CCCCCCCC(=O)OCCC(CCCCC)CCCCC)NC(=O)CCN(C)C. The molecule has 0 unspecified atom stereocenters. The van der Waals surface area contributed by atoms with E-state index in [2.05, 4.69) is 37.9 Å². The van der Waals surface area contributed by atoms with Crippen LogP contribution in [0.2, 0.25) is 0 Å². The zero-order valence-corrected chi connectivity index (χ0v) is 37.7. The van der Waals surface area contributed by atoms with E-state index in [9.17, 15) is 14.4 Å². The van der Waals surface area contributed by atoms with E-state index in [1.807, 2.05) is 14.1 Å². The van der Waals surface area contributed by atoms with Crippen molar-refractivity contribution in [1.29, 1.82) is 0 Å². The zero-order valence-electron chi connectivity index (χ0n) is 37.7. The Hall–Kier alpha value is -1.63. The summed E-state index contributed by atoms with van der Waals surface area (Å²) in [7, 11) is 4.01. The van der Waals surface area contributed by atoms with Gasteiger partial charge in [-0.3, -0.25) is 14.4 Å². The van der Waals surface area contributed by atoms with Crippen molar-refractivity contribution in [2.75, 3.05) is 33.9 Å². The molecule has 0 aromatic carbocycles. The maximum Gasteiger partial charge on any atom is 0.305 e. The summed E-state index contributed by atoms with van der Waals surface area (Å²) < 4.78 is 11.3. The van der Waals surface area contributed by atoms with Gasteiger partial charge in [-0.1, -0.05) is 182 Å². The number of carbonyl (C=O) groups is 3. The van der Waals surface area contributed by atoms with E-state index in [0.29, 0.717) is 44.3 Å². The van der Waals surface area contributed by atoms with Crippen LogP contribution >= 0.6 is 0 Å². The van der Waals surface area contributed by atoms with E-state index in [-0.39, 0.29) is 23.9 Å². The van der Waals surface area contributed by atoms with Crippen LogP contribution in [-0.4, -0.2) is 62.6 Å². The van der Waals surface area contributed by atoms with Gasteiger partial charge >= 0.3 is 11.9 Å². The number of carbonyl (C=O) groups excluding carboxylic acids is 3. The quantitative estimate of drug-likeness (QED) is 0.0491. The first-order valence-electron chi connectivity index (χ1n) is 24.0. The van der Waals surface area contributed by atoms with Crippen LogP contribution in [-0.2, 0) is 23.9 Å². The Morgan fingerprint density at radius 3 is 1.15 bits per heavy atom. The molecule has 55 heavy (non-hydrogen) atoms. The molecule has 0 aliphatic carbocycles. The fourth-order valence-corrected chi connectivity index (χ4v) is 7.72. The average molecular weight is 779 g/mol. The molecule has 0 saturated carbocycles. The molecule has 0 aromatic heterocycles. The molecule has 7 nitrogen and oxygen atoms in total. The first-order valence-corrected chi connectivity index (χ1v) is 24.0. The van der Waals surface area contributed by atoms with E-state index in [0.717, 1.165) is 96.4 Å². The Morgan fingerprint density at radius 1 is 0.436 bits per heavy atom. The normalized spacial score (nSPS) is 11.7. The van der Waals surface area contributed by atoms with Crippen molar-refractivity contribution in [2.45, 2.75) is 246 Å². The molecule has 0 radical (unpaired) electrons. The lowest BCUT2D eigenvalue weighted by Gasteiger charge is -2.20. The topological polar surface area (TPSA) is 84.9 Å². The Labute approximate surface area is 342 Å². The lowest BCUT2D eigenvalue weighted by atomic mass is 9.92. The third kappa shape index (κ3) is 37.7. The van der Waals surface area contributed by atoms with Gasteiger partial charge in [0.05, 0.1) is 13.2 Å². The summed E-state index contributed by atoms with van der Waals surface area (Å²) in [5, 5.41) is 3.33. The molecule has 1 amide bonds. The van der Waals surface area contributed by atoms with Gasteiger partial charge in [0.25, 0.3) is 0 Å². The van der Waals surface area contributed by atoms with Crippen LogP contribution in [0, 0.1) is 11.8 Å². The Kier molecular flexibility index (Phi) is 39.4. The van der Waals surface area contributed by atoms with E-state index in [1.54, 1.807) is 0 Å². The van der Waals surface area contributed by atoms with E-state index >= 15 is 0 Å². The number of ether oxygens (including phenoxy) is 2. The molecule has 0 aliphatic rings. The number of hydrogen-bond acceptors (Lipinski definition) is 6. The van der Waals surface area contributed by atoms with Crippen LogP contribution in [0.3, 0.4) is 0 Å². The highest BCUT2D eigenvalue weighted by Gasteiger charge is 2.14. The van der Waals surface area contributed by atoms with Crippen molar-refractivity contribution in [3.8, 4) is 0 Å². The van der Waals surface area contributed by atoms with Gasteiger partial charge in [0.15, 0.2) is 0 Å². The molecular formula is C48H94N2O5. The summed E-state index contributed by atoms with van der Waals surface area (Å²) in [6.45, 7) is 11.0. The van der Waals surface area contributed by atoms with E-state index < -0.39 is 0 Å². The number of nitrogens with one attached hydrogen (secondary N) is 1. The predicted octanol–water partition coefficient (Wildman–Crippen LogP) is 13.3. The van der Waals surface area contributed by atoms with Crippen LogP contribution in [0.5, 0.6) is 0 Å². The fraction of sp³-hybridized carbons (Fsp3) is 0.938. The minimum atomic E-state index is -0.0315. The Morgan fingerprint density at radius 2 is 0.782 bits per heavy atom. The molecular weight excluding hydrogens is 685 g/mol. The highest BCUT2D eigenvalue weighted by molar-refractivity contribution is 5.76. The number of amides is 1. The second-order valence-electron chi connectivity index (χ2n) is 17.2. The molecule has 1 N–H and O–H groups in total. The van der Waals surface area contributed by atoms with Gasteiger partial charge in [-0.25, -0.2) is 0 Å². The zero-order chi connectivity index (χ0) is 40.6. The molecule has 0 aliphatic heterocycles. The summed E-state index contributed by atoms with van der Waals surface area (Å²) >= 11 is 0. The van der Waals surface area contributed by atoms with Gasteiger partial charge in [0.2, 0.25) is 5.91 Å². The second kappa shape index (κ2) is 40.6. The van der Waals surface area contributed by atoms with Gasteiger partial charge in [0, 0.05) is 31.8 Å². The van der Waals surface area contributed by atoms with Gasteiger partial charge in [0.1, 0.15) is 0 Å². The Balaban J connectivity index is 4.29. The lowest BCUT2D eigenvalue weighted by molar-refractivity contribution is -0.145. The summed E-state index contributed by atoms with van der Waals surface area (Å²) in [6.07, 6.45) is 36.8. The van der Waals surface area contributed by atoms with Crippen molar-refractivity contribution < 1.29 is 23.9 Å². The number of nitrogens with zero attached hydrogens (tertiary/aromatic N) is 1. The first kappa shape index (κ1) is 53.4. The molecule has 7 heteroatoms. The average Bonchev–Trinajstić information content (AvgIpc) is 3.16. The van der Waals surface area contributed by atoms with Crippen LogP contribution in [0.25, 0.3) is 0 Å². The van der Waals surface area contributed by atoms with Crippen LogP contribution in [0.15, 0.2) is 0 Å². The number of esters is 2. The molecule has 0 saturated heterocycles. The number of unbranched alkanes of at least 4 members (excludes halogenated alkanes) is 16. The van der Waals surface area contributed by atoms with Crippen LogP contribution in [0.4, 0.5) is 0 Å². The standard InChI is InChI=1S/C48H94N2O5/c1-7-11-21-29-43(30-22-12-8-2)38-41-54-47(52)35-27-19-15-17-25-33-45(49-46(51)37-40-50(5)6)34-26-18-16-20-28-36-48(53)55-42-39-44(31-23-13-9-3)32-24-14-10-4/h43-45H,7-42H2,1-6H3,(H,49,51). The predicted molar refractivity (Wildman–Crippen MR) is 234 cm³/mol. The molecule has 0 spiro atoms. The molecule has 0 rings (SSSR count).